The number of benzene rings is 2. The summed E-state index contributed by atoms with van der Waals surface area (Å²) in [6, 6.07) is 18.9. The average Bonchev–Trinajstić information content (AvgIpc) is 3.12. The molecule has 1 saturated heterocycles. The molecule has 2 heterocycles. The molecule has 4 rings (SSSR count). The van der Waals surface area contributed by atoms with Gasteiger partial charge in [-0.1, -0.05) is 48.5 Å². The monoisotopic (exact) mass is 347 g/mol. The number of Topliss-reactive ketones (excluding diaryl/α,β-unsaturated/α-hetero) is 1. The molecule has 0 saturated carbocycles. The molecule has 0 bridgehead atoms. The molecule has 1 fully saturated rings. The number of aromatic amines is 1. The van der Waals surface area contributed by atoms with E-state index < -0.39 is 0 Å². The van der Waals surface area contributed by atoms with Crippen molar-refractivity contribution in [1.82, 2.24) is 4.98 Å². The zero-order valence-corrected chi connectivity index (χ0v) is 15.4. The highest BCUT2D eigenvalue weighted by Gasteiger charge is 2.31. The second-order valence-corrected chi connectivity index (χ2v) is 7.63. The number of aromatic nitrogens is 1. The molecule has 1 aliphatic heterocycles. The van der Waals surface area contributed by atoms with Crippen molar-refractivity contribution < 1.29 is 9.69 Å². The zero-order valence-electron chi connectivity index (χ0n) is 15.4. The van der Waals surface area contributed by atoms with Crippen LogP contribution in [0.1, 0.15) is 35.7 Å². The van der Waals surface area contributed by atoms with Gasteiger partial charge in [0.2, 0.25) is 5.78 Å². The van der Waals surface area contributed by atoms with Gasteiger partial charge in [0.1, 0.15) is 6.04 Å². The van der Waals surface area contributed by atoms with Crippen molar-refractivity contribution in [2.75, 3.05) is 13.1 Å². The summed E-state index contributed by atoms with van der Waals surface area (Å²) < 4.78 is 0. The van der Waals surface area contributed by atoms with Gasteiger partial charge >= 0.3 is 0 Å². The lowest BCUT2D eigenvalue weighted by Crippen LogP contribution is -3.17. The third kappa shape index (κ3) is 3.45. The first-order chi connectivity index (χ1) is 12.7. The number of nitrogens with one attached hydrogen (secondary N) is 2. The van der Waals surface area contributed by atoms with Gasteiger partial charge in [-0.15, -0.1) is 0 Å². The Hall–Kier alpha value is -2.39. The number of carbonyl (C=O) groups is 1. The fourth-order valence-electron chi connectivity index (χ4n) is 4.33. The van der Waals surface area contributed by atoms with Crippen LogP contribution in [0.3, 0.4) is 0 Å². The molecular weight excluding hydrogens is 320 g/mol. The fourth-order valence-corrected chi connectivity index (χ4v) is 4.33. The van der Waals surface area contributed by atoms with Crippen molar-refractivity contribution in [2.24, 2.45) is 5.92 Å². The molecule has 0 amide bonds. The largest absolute Gasteiger partial charge is 0.360 e. The molecule has 3 nitrogen and oxygen atoms in total. The molecule has 0 radical (unpaired) electrons. The minimum Gasteiger partial charge on any atom is -0.360 e. The lowest BCUT2D eigenvalue weighted by Gasteiger charge is -2.32. The van der Waals surface area contributed by atoms with Gasteiger partial charge in [-0.05, 0) is 43.7 Å². The summed E-state index contributed by atoms with van der Waals surface area (Å²) in [7, 11) is 0. The van der Waals surface area contributed by atoms with Crippen molar-refractivity contribution in [3.05, 3.63) is 71.9 Å². The van der Waals surface area contributed by atoms with Crippen molar-refractivity contribution in [2.45, 2.75) is 32.2 Å². The molecule has 2 aromatic carbocycles. The number of hydrogen-bond acceptors (Lipinski definition) is 1. The van der Waals surface area contributed by atoms with Crippen LogP contribution in [0.4, 0.5) is 0 Å². The van der Waals surface area contributed by atoms with E-state index in [1.165, 1.54) is 29.7 Å². The van der Waals surface area contributed by atoms with Gasteiger partial charge in [-0.25, -0.2) is 0 Å². The van der Waals surface area contributed by atoms with E-state index in [0.29, 0.717) is 0 Å². The standard InChI is InChI=1S/C23H26N2O/c1-17(23(26)21-16-24-22-10-6-5-9-20(21)22)25-13-11-19(12-14-25)15-18-7-3-2-4-8-18/h2-10,16-17,19,24H,11-15H2,1H3/p+1/t17-/m1/s1. The minimum absolute atomic E-state index is 0.0203. The average molecular weight is 347 g/mol. The Kier molecular flexibility index (Phi) is 4.89. The van der Waals surface area contributed by atoms with Crippen LogP contribution < -0.4 is 4.90 Å². The number of hydrogen-bond donors (Lipinski definition) is 2. The van der Waals surface area contributed by atoms with Gasteiger partial charge in [0, 0.05) is 22.7 Å². The Morgan fingerprint density at radius 3 is 2.54 bits per heavy atom. The van der Waals surface area contributed by atoms with Gasteiger partial charge < -0.3 is 9.88 Å². The van der Waals surface area contributed by atoms with Gasteiger partial charge in [0.05, 0.1) is 13.1 Å². The number of quaternary nitrogens is 1. The van der Waals surface area contributed by atoms with Crippen LogP contribution >= 0.6 is 0 Å². The van der Waals surface area contributed by atoms with Gasteiger partial charge in [0.15, 0.2) is 0 Å². The predicted octanol–water partition coefficient (Wildman–Crippen LogP) is 3.28. The van der Waals surface area contributed by atoms with Crippen LogP contribution in [0, 0.1) is 5.92 Å². The van der Waals surface area contributed by atoms with Crippen LogP contribution in [0.5, 0.6) is 0 Å². The smallest absolute Gasteiger partial charge is 0.221 e. The summed E-state index contributed by atoms with van der Waals surface area (Å²) in [5.74, 6) is 1.01. The van der Waals surface area contributed by atoms with Crippen molar-refractivity contribution in [1.29, 1.82) is 0 Å². The van der Waals surface area contributed by atoms with Crippen molar-refractivity contribution in [3.63, 3.8) is 0 Å². The molecule has 134 valence electrons. The molecule has 2 N–H and O–H groups in total. The quantitative estimate of drug-likeness (QED) is 0.683. The normalized spacial score (nSPS) is 21.6. The zero-order chi connectivity index (χ0) is 17.9. The molecule has 3 heteroatoms. The highest BCUT2D eigenvalue weighted by atomic mass is 16.1. The molecule has 26 heavy (non-hydrogen) atoms. The third-order valence-electron chi connectivity index (χ3n) is 5.97. The Morgan fingerprint density at radius 2 is 1.77 bits per heavy atom. The highest BCUT2D eigenvalue weighted by Crippen LogP contribution is 2.20. The van der Waals surface area contributed by atoms with E-state index in [0.717, 1.165) is 35.5 Å². The summed E-state index contributed by atoms with van der Waals surface area (Å²) in [5.41, 5.74) is 3.32. The molecular formula is C23H27N2O+. The fraction of sp³-hybridized carbons (Fsp3) is 0.348. The van der Waals surface area contributed by atoms with Gasteiger partial charge in [0.25, 0.3) is 0 Å². The lowest BCUT2D eigenvalue weighted by atomic mass is 9.89. The van der Waals surface area contributed by atoms with E-state index in [1.54, 1.807) is 0 Å². The summed E-state index contributed by atoms with van der Waals surface area (Å²) in [6.07, 6.45) is 5.45. The number of likely N-dealkylation sites (tertiary alicyclic amines) is 1. The first-order valence-corrected chi connectivity index (χ1v) is 9.71. The van der Waals surface area contributed by atoms with Crippen LogP contribution in [0.15, 0.2) is 60.8 Å². The van der Waals surface area contributed by atoms with E-state index in [4.69, 9.17) is 0 Å². The topological polar surface area (TPSA) is 37.3 Å². The highest BCUT2D eigenvalue weighted by molar-refractivity contribution is 6.09. The van der Waals surface area contributed by atoms with Crippen LogP contribution in [-0.2, 0) is 6.42 Å². The second kappa shape index (κ2) is 7.46. The molecule has 1 atom stereocenters. The number of H-pyrrole nitrogens is 1. The van der Waals surface area contributed by atoms with Gasteiger partial charge in [-0.3, -0.25) is 4.79 Å². The molecule has 0 spiro atoms. The SMILES string of the molecule is C[C@H](C(=O)c1c[nH]c2ccccc12)[NH+]1CCC(Cc2ccccc2)CC1. The maximum Gasteiger partial charge on any atom is 0.221 e. The molecule has 1 aromatic heterocycles. The Balaban J connectivity index is 1.39. The summed E-state index contributed by atoms with van der Waals surface area (Å²) in [5, 5.41) is 1.04. The number of ketones is 1. The van der Waals surface area contributed by atoms with E-state index in [9.17, 15) is 4.79 Å². The van der Waals surface area contributed by atoms with Crippen molar-refractivity contribution in [3.8, 4) is 0 Å². The molecule has 0 aliphatic carbocycles. The van der Waals surface area contributed by atoms with E-state index >= 15 is 0 Å². The van der Waals surface area contributed by atoms with Gasteiger partial charge in [-0.2, -0.15) is 0 Å². The minimum atomic E-state index is 0.0203. The first-order valence-electron chi connectivity index (χ1n) is 9.71. The number of rotatable bonds is 5. The predicted molar refractivity (Wildman–Crippen MR) is 106 cm³/mol. The number of carbonyl (C=O) groups excluding carboxylic acids is 1. The Morgan fingerprint density at radius 1 is 1.08 bits per heavy atom. The maximum atomic E-state index is 13.1. The summed E-state index contributed by atoms with van der Waals surface area (Å²) in [4.78, 5) is 17.7. The van der Waals surface area contributed by atoms with Crippen molar-refractivity contribution >= 4 is 16.7 Å². The number of piperidine rings is 1. The van der Waals surface area contributed by atoms with Crippen LogP contribution in [0.2, 0.25) is 0 Å². The summed E-state index contributed by atoms with van der Waals surface area (Å²) >= 11 is 0. The first kappa shape index (κ1) is 17.0. The Bertz CT molecular complexity index is 875. The van der Waals surface area contributed by atoms with E-state index in [-0.39, 0.29) is 11.8 Å². The lowest BCUT2D eigenvalue weighted by molar-refractivity contribution is -0.919. The second-order valence-electron chi connectivity index (χ2n) is 7.63. The van der Waals surface area contributed by atoms with E-state index in [2.05, 4.69) is 42.2 Å². The maximum absolute atomic E-state index is 13.1. The van der Waals surface area contributed by atoms with E-state index in [1.807, 2.05) is 30.5 Å². The number of para-hydroxylation sites is 1. The molecule has 3 aromatic rings. The third-order valence-corrected chi connectivity index (χ3v) is 5.97. The molecule has 0 unspecified atom stereocenters. The number of fused-ring (bicyclic) bond motifs is 1. The summed E-state index contributed by atoms with van der Waals surface area (Å²) in [6.45, 7) is 4.27. The van der Waals surface area contributed by atoms with Crippen LogP contribution in [0.25, 0.3) is 10.9 Å². The molecule has 1 aliphatic rings. The Labute approximate surface area is 155 Å². The van der Waals surface area contributed by atoms with Crippen LogP contribution in [-0.4, -0.2) is 29.9 Å².